The third-order valence-electron chi connectivity index (χ3n) is 3.60. The minimum atomic E-state index is 0.492. The van der Waals surface area contributed by atoms with E-state index in [4.69, 9.17) is 9.47 Å². The van der Waals surface area contributed by atoms with Crippen LogP contribution in [0.4, 0.5) is 0 Å². The van der Waals surface area contributed by atoms with E-state index in [9.17, 15) is 0 Å². The maximum atomic E-state index is 5.37. The van der Waals surface area contributed by atoms with Crippen molar-refractivity contribution in [2.75, 3.05) is 14.2 Å². The van der Waals surface area contributed by atoms with Gasteiger partial charge in [-0.1, -0.05) is 20.3 Å². The van der Waals surface area contributed by atoms with Crippen LogP contribution in [0.5, 0.6) is 11.5 Å². The Morgan fingerprint density at radius 2 is 1.89 bits per heavy atom. The summed E-state index contributed by atoms with van der Waals surface area (Å²) in [7, 11) is 3.38. The summed E-state index contributed by atoms with van der Waals surface area (Å²) in [5.41, 5.74) is 1.13. The van der Waals surface area contributed by atoms with Crippen molar-refractivity contribution in [1.82, 2.24) is 5.32 Å². The lowest BCUT2D eigenvalue weighted by Crippen LogP contribution is -2.31. The molecule has 3 nitrogen and oxygen atoms in total. The second kappa shape index (κ2) is 7.27. The summed E-state index contributed by atoms with van der Waals surface area (Å²) in [6.45, 7) is 7.50. The van der Waals surface area contributed by atoms with Crippen molar-refractivity contribution in [3.8, 4) is 11.5 Å². The fourth-order valence-corrected chi connectivity index (χ4v) is 1.85. The van der Waals surface area contributed by atoms with Crippen molar-refractivity contribution in [3.05, 3.63) is 23.8 Å². The van der Waals surface area contributed by atoms with Gasteiger partial charge in [-0.15, -0.1) is 0 Å². The van der Waals surface area contributed by atoms with Crippen molar-refractivity contribution >= 4 is 0 Å². The smallest absolute Gasteiger partial charge is 0.123 e. The van der Waals surface area contributed by atoms with Gasteiger partial charge in [0.05, 0.1) is 14.2 Å². The molecule has 1 aromatic rings. The number of nitrogens with one attached hydrogen (secondary N) is 1. The van der Waals surface area contributed by atoms with Crippen LogP contribution in [0, 0.1) is 5.92 Å². The minimum absolute atomic E-state index is 0.492. The number of ether oxygens (including phenoxy) is 2. The van der Waals surface area contributed by atoms with Crippen LogP contribution >= 0.6 is 0 Å². The zero-order valence-corrected chi connectivity index (χ0v) is 12.1. The first kappa shape index (κ1) is 14.8. The molecule has 0 radical (unpaired) electrons. The summed E-state index contributed by atoms with van der Waals surface area (Å²) in [4.78, 5) is 0. The van der Waals surface area contributed by atoms with Crippen LogP contribution in [0.15, 0.2) is 18.2 Å². The van der Waals surface area contributed by atoms with Crippen molar-refractivity contribution in [2.24, 2.45) is 5.92 Å². The molecule has 0 saturated carbocycles. The van der Waals surface area contributed by atoms with Gasteiger partial charge in [-0.2, -0.15) is 0 Å². The van der Waals surface area contributed by atoms with Crippen LogP contribution < -0.4 is 14.8 Å². The molecule has 1 N–H and O–H groups in total. The van der Waals surface area contributed by atoms with E-state index in [1.165, 1.54) is 6.42 Å². The highest BCUT2D eigenvalue weighted by Crippen LogP contribution is 2.24. The highest BCUT2D eigenvalue weighted by Gasteiger charge is 2.11. The van der Waals surface area contributed by atoms with E-state index in [0.29, 0.717) is 12.0 Å². The van der Waals surface area contributed by atoms with Crippen LogP contribution in [-0.4, -0.2) is 20.3 Å². The van der Waals surface area contributed by atoms with Gasteiger partial charge in [0.15, 0.2) is 0 Å². The standard InChI is InChI=1S/C15H25NO2/c1-6-11(2)12(3)16-10-13-9-14(17-4)7-8-15(13)18-5/h7-9,11-12,16H,6,10H2,1-5H3. The monoisotopic (exact) mass is 251 g/mol. The Kier molecular flexibility index (Phi) is 5.99. The molecule has 0 fully saturated rings. The van der Waals surface area contributed by atoms with E-state index in [-0.39, 0.29) is 0 Å². The second-order valence-corrected chi connectivity index (χ2v) is 4.73. The lowest BCUT2D eigenvalue weighted by Gasteiger charge is -2.20. The topological polar surface area (TPSA) is 30.5 Å². The van der Waals surface area contributed by atoms with E-state index in [1.807, 2.05) is 18.2 Å². The zero-order valence-electron chi connectivity index (χ0n) is 12.1. The highest BCUT2D eigenvalue weighted by molar-refractivity contribution is 5.40. The molecule has 18 heavy (non-hydrogen) atoms. The van der Waals surface area contributed by atoms with Crippen LogP contribution in [0.1, 0.15) is 32.8 Å². The molecule has 0 bridgehead atoms. The van der Waals surface area contributed by atoms with Gasteiger partial charge in [-0.05, 0) is 31.0 Å². The summed E-state index contributed by atoms with van der Waals surface area (Å²) >= 11 is 0. The number of rotatable bonds is 7. The molecule has 1 aromatic carbocycles. The Bertz CT molecular complexity index is 366. The summed E-state index contributed by atoms with van der Waals surface area (Å²) in [6.07, 6.45) is 1.18. The molecule has 1 rings (SSSR count). The predicted molar refractivity (Wildman–Crippen MR) is 75.3 cm³/mol. The molecule has 0 saturated heterocycles. The van der Waals surface area contributed by atoms with Gasteiger partial charge in [0.2, 0.25) is 0 Å². The number of benzene rings is 1. The molecule has 102 valence electrons. The van der Waals surface area contributed by atoms with Gasteiger partial charge in [-0.25, -0.2) is 0 Å². The van der Waals surface area contributed by atoms with Crippen LogP contribution in [-0.2, 0) is 6.54 Å². The van der Waals surface area contributed by atoms with Crippen LogP contribution in [0.3, 0.4) is 0 Å². The molecule has 0 spiro atoms. The Morgan fingerprint density at radius 3 is 2.44 bits per heavy atom. The minimum Gasteiger partial charge on any atom is -0.497 e. The Labute approximate surface area is 110 Å². The number of hydrogen-bond donors (Lipinski definition) is 1. The lowest BCUT2D eigenvalue weighted by atomic mass is 10.0. The fraction of sp³-hybridized carbons (Fsp3) is 0.600. The molecule has 0 aliphatic heterocycles. The number of hydrogen-bond acceptors (Lipinski definition) is 3. The maximum Gasteiger partial charge on any atom is 0.123 e. The van der Waals surface area contributed by atoms with E-state index in [2.05, 4.69) is 26.1 Å². The molecule has 0 aliphatic carbocycles. The SMILES string of the molecule is CCC(C)C(C)NCc1cc(OC)ccc1OC. The molecule has 2 unspecified atom stereocenters. The summed E-state index contributed by atoms with van der Waals surface area (Å²) < 4.78 is 10.6. The first-order valence-corrected chi connectivity index (χ1v) is 6.56. The van der Waals surface area contributed by atoms with Gasteiger partial charge in [-0.3, -0.25) is 0 Å². The Hall–Kier alpha value is -1.22. The molecule has 2 atom stereocenters. The van der Waals surface area contributed by atoms with E-state index in [0.717, 1.165) is 23.6 Å². The average molecular weight is 251 g/mol. The van der Waals surface area contributed by atoms with Gasteiger partial charge in [0.25, 0.3) is 0 Å². The number of methoxy groups -OCH3 is 2. The normalized spacial score (nSPS) is 14.1. The zero-order chi connectivity index (χ0) is 13.5. The third kappa shape index (κ3) is 3.91. The fourth-order valence-electron chi connectivity index (χ4n) is 1.85. The van der Waals surface area contributed by atoms with Gasteiger partial charge < -0.3 is 14.8 Å². The predicted octanol–water partition coefficient (Wildman–Crippen LogP) is 3.23. The van der Waals surface area contributed by atoms with E-state index < -0.39 is 0 Å². The quantitative estimate of drug-likeness (QED) is 0.807. The average Bonchev–Trinajstić information content (AvgIpc) is 2.43. The van der Waals surface area contributed by atoms with E-state index >= 15 is 0 Å². The van der Waals surface area contributed by atoms with Crippen molar-refractivity contribution in [3.63, 3.8) is 0 Å². The van der Waals surface area contributed by atoms with Crippen LogP contribution in [0.2, 0.25) is 0 Å². The summed E-state index contributed by atoms with van der Waals surface area (Å²) in [6, 6.07) is 6.38. The van der Waals surface area contributed by atoms with Crippen molar-refractivity contribution < 1.29 is 9.47 Å². The first-order valence-electron chi connectivity index (χ1n) is 6.56. The molecule has 3 heteroatoms. The maximum absolute atomic E-state index is 5.37. The molecular weight excluding hydrogens is 226 g/mol. The third-order valence-corrected chi connectivity index (χ3v) is 3.60. The lowest BCUT2D eigenvalue weighted by molar-refractivity contribution is 0.374. The molecule has 0 amide bonds. The van der Waals surface area contributed by atoms with Gasteiger partial charge in [0, 0.05) is 18.2 Å². The van der Waals surface area contributed by atoms with Gasteiger partial charge >= 0.3 is 0 Å². The van der Waals surface area contributed by atoms with Crippen molar-refractivity contribution in [2.45, 2.75) is 39.8 Å². The van der Waals surface area contributed by atoms with Crippen molar-refractivity contribution in [1.29, 1.82) is 0 Å². The molecule has 0 heterocycles. The molecular formula is C15H25NO2. The Morgan fingerprint density at radius 1 is 1.17 bits per heavy atom. The first-order chi connectivity index (χ1) is 8.62. The largest absolute Gasteiger partial charge is 0.497 e. The highest BCUT2D eigenvalue weighted by atomic mass is 16.5. The molecule has 0 aliphatic rings. The summed E-state index contributed by atoms with van der Waals surface area (Å²) in [5, 5.41) is 3.54. The van der Waals surface area contributed by atoms with Crippen LogP contribution in [0.25, 0.3) is 0 Å². The molecule has 0 aromatic heterocycles. The second-order valence-electron chi connectivity index (χ2n) is 4.73. The van der Waals surface area contributed by atoms with E-state index in [1.54, 1.807) is 14.2 Å². The summed E-state index contributed by atoms with van der Waals surface area (Å²) in [5.74, 6) is 2.44. The van der Waals surface area contributed by atoms with Gasteiger partial charge in [0.1, 0.15) is 11.5 Å². The Balaban J connectivity index is 2.70.